The quantitative estimate of drug-likeness (QED) is 0.918. The Hall–Kier alpha value is -1.92. The van der Waals surface area contributed by atoms with Crippen molar-refractivity contribution in [2.75, 3.05) is 10.8 Å². The molecule has 1 N–H and O–H groups in total. The molecule has 0 saturated carbocycles. The Morgan fingerprint density at radius 1 is 1.22 bits per heavy atom. The predicted molar refractivity (Wildman–Crippen MR) is 86.3 cm³/mol. The molecule has 2 aromatic rings. The smallest absolute Gasteiger partial charge is 0.264 e. The molecule has 0 aliphatic carbocycles. The average Bonchev–Trinajstić information content (AvgIpc) is 2.46. The van der Waals surface area contributed by atoms with E-state index in [-0.39, 0.29) is 11.4 Å². The number of fused-ring (bicyclic) bond motifs is 1. The molecule has 1 aliphatic rings. The first-order chi connectivity index (χ1) is 10.7. The highest BCUT2D eigenvalue weighted by Crippen LogP contribution is 2.40. The fraction of sp³-hybridized carbons (Fsp3) is 0.294. The molecule has 0 aromatic heterocycles. The third-order valence-corrected chi connectivity index (χ3v) is 6.23. The van der Waals surface area contributed by atoms with Crippen molar-refractivity contribution in [1.82, 2.24) is 0 Å². The minimum Gasteiger partial charge on any atom is -0.385 e. The lowest BCUT2D eigenvalue weighted by Crippen LogP contribution is -2.42. The van der Waals surface area contributed by atoms with Crippen LogP contribution in [-0.2, 0) is 15.6 Å². The summed E-state index contributed by atoms with van der Waals surface area (Å²) in [7, 11) is -3.82. The molecule has 0 saturated heterocycles. The lowest BCUT2D eigenvalue weighted by atomic mass is 9.88. The maximum absolute atomic E-state index is 13.3. The fourth-order valence-electron chi connectivity index (χ4n) is 2.99. The van der Waals surface area contributed by atoms with Crippen molar-refractivity contribution < 1.29 is 17.9 Å². The van der Waals surface area contributed by atoms with Crippen LogP contribution in [0.15, 0.2) is 47.4 Å². The molecule has 0 bridgehead atoms. The number of halogens is 1. The average molecular weight is 335 g/mol. The first kappa shape index (κ1) is 16.0. The third-order valence-electron chi connectivity index (χ3n) is 4.26. The van der Waals surface area contributed by atoms with Crippen LogP contribution in [0, 0.1) is 12.7 Å². The number of para-hydroxylation sites is 1. The van der Waals surface area contributed by atoms with E-state index in [1.807, 2.05) is 0 Å². The van der Waals surface area contributed by atoms with E-state index in [4.69, 9.17) is 0 Å². The van der Waals surface area contributed by atoms with E-state index in [1.54, 1.807) is 38.1 Å². The van der Waals surface area contributed by atoms with Crippen molar-refractivity contribution in [3.05, 3.63) is 59.4 Å². The van der Waals surface area contributed by atoms with Crippen LogP contribution in [-0.4, -0.2) is 20.1 Å². The fourth-order valence-corrected chi connectivity index (χ4v) is 4.68. The number of aliphatic hydroxyl groups is 1. The van der Waals surface area contributed by atoms with Gasteiger partial charge in [0, 0.05) is 12.1 Å². The molecule has 1 unspecified atom stereocenters. The minimum atomic E-state index is -3.82. The molecule has 0 fully saturated rings. The maximum atomic E-state index is 13.3. The molecule has 3 rings (SSSR count). The SMILES string of the molecule is Cc1cc(F)ccc1S(=O)(=O)N1CCC(C)(O)c2ccccc21. The van der Waals surface area contributed by atoms with Gasteiger partial charge in [0.1, 0.15) is 5.82 Å². The summed E-state index contributed by atoms with van der Waals surface area (Å²) in [4.78, 5) is 0.0789. The van der Waals surface area contributed by atoms with Crippen molar-refractivity contribution in [1.29, 1.82) is 0 Å². The summed E-state index contributed by atoms with van der Waals surface area (Å²) < 4.78 is 40.6. The van der Waals surface area contributed by atoms with Gasteiger partial charge in [-0.2, -0.15) is 0 Å². The number of hydrogen-bond acceptors (Lipinski definition) is 3. The van der Waals surface area contributed by atoms with Crippen LogP contribution >= 0.6 is 0 Å². The van der Waals surface area contributed by atoms with Crippen LogP contribution in [0.2, 0.25) is 0 Å². The van der Waals surface area contributed by atoms with Gasteiger partial charge < -0.3 is 5.11 Å². The predicted octanol–water partition coefficient (Wildman–Crippen LogP) is 2.94. The summed E-state index contributed by atoms with van der Waals surface area (Å²) in [5.74, 6) is -0.469. The van der Waals surface area contributed by atoms with Gasteiger partial charge in [-0.15, -0.1) is 0 Å². The second kappa shape index (κ2) is 5.32. The van der Waals surface area contributed by atoms with Crippen LogP contribution in [0.5, 0.6) is 0 Å². The molecule has 2 aromatic carbocycles. The third kappa shape index (κ3) is 2.62. The largest absolute Gasteiger partial charge is 0.385 e. The van der Waals surface area contributed by atoms with Gasteiger partial charge >= 0.3 is 0 Å². The lowest BCUT2D eigenvalue weighted by molar-refractivity contribution is 0.0472. The Morgan fingerprint density at radius 3 is 2.61 bits per heavy atom. The molecule has 6 heteroatoms. The van der Waals surface area contributed by atoms with E-state index in [1.165, 1.54) is 16.4 Å². The van der Waals surface area contributed by atoms with Gasteiger partial charge in [0.2, 0.25) is 0 Å². The monoisotopic (exact) mass is 335 g/mol. The van der Waals surface area contributed by atoms with E-state index in [0.717, 1.165) is 6.07 Å². The molecule has 23 heavy (non-hydrogen) atoms. The van der Waals surface area contributed by atoms with Gasteiger partial charge in [0.25, 0.3) is 10.0 Å². The number of benzene rings is 2. The van der Waals surface area contributed by atoms with Crippen LogP contribution in [0.3, 0.4) is 0 Å². The highest BCUT2D eigenvalue weighted by Gasteiger charge is 2.38. The van der Waals surface area contributed by atoms with Crippen LogP contribution in [0.4, 0.5) is 10.1 Å². The zero-order chi connectivity index (χ0) is 16.8. The van der Waals surface area contributed by atoms with Crippen LogP contribution < -0.4 is 4.31 Å². The summed E-state index contributed by atoms with van der Waals surface area (Å²) in [6.45, 7) is 3.42. The highest BCUT2D eigenvalue weighted by molar-refractivity contribution is 7.92. The molecule has 0 amide bonds. The molecule has 1 heterocycles. The molecular formula is C17H18FNO3S. The van der Waals surface area contributed by atoms with E-state index in [9.17, 15) is 17.9 Å². The Kier molecular flexibility index (Phi) is 3.69. The van der Waals surface area contributed by atoms with Gasteiger partial charge in [-0.25, -0.2) is 12.8 Å². The summed E-state index contributed by atoms with van der Waals surface area (Å²) in [5.41, 5.74) is 0.336. The highest BCUT2D eigenvalue weighted by atomic mass is 32.2. The number of nitrogens with zero attached hydrogens (tertiary/aromatic N) is 1. The Bertz CT molecular complexity index is 862. The van der Waals surface area contributed by atoms with E-state index < -0.39 is 21.4 Å². The van der Waals surface area contributed by atoms with E-state index in [0.29, 0.717) is 23.2 Å². The maximum Gasteiger partial charge on any atom is 0.264 e. The standard InChI is InChI=1S/C17H18FNO3S/c1-12-11-13(18)7-8-16(12)23(21,22)19-10-9-17(2,20)14-5-3-4-6-15(14)19/h3-8,11,20H,9-10H2,1-2H3. The molecule has 0 spiro atoms. The van der Waals surface area contributed by atoms with Crippen molar-refractivity contribution in [3.63, 3.8) is 0 Å². The normalized spacial score (nSPS) is 21.1. The van der Waals surface area contributed by atoms with Crippen molar-refractivity contribution in [2.45, 2.75) is 30.8 Å². The number of rotatable bonds is 2. The molecule has 4 nitrogen and oxygen atoms in total. The van der Waals surface area contributed by atoms with Crippen molar-refractivity contribution in [3.8, 4) is 0 Å². The van der Waals surface area contributed by atoms with Gasteiger partial charge in [-0.3, -0.25) is 4.31 Å². The second-order valence-electron chi connectivity index (χ2n) is 6.03. The number of sulfonamides is 1. The number of aryl methyl sites for hydroxylation is 1. The summed E-state index contributed by atoms with van der Waals surface area (Å²) in [6, 6.07) is 10.6. The first-order valence-electron chi connectivity index (χ1n) is 7.34. The molecule has 122 valence electrons. The van der Waals surface area contributed by atoms with Gasteiger partial charge in [0.05, 0.1) is 16.2 Å². The molecular weight excluding hydrogens is 317 g/mol. The molecule has 0 radical (unpaired) electrons. The topological polar surface area (TPSA) is 57.6 Å². The first-order valence-corrected chi connectivity index (χ1v) is 8.78. The van der Waals surface area contributed by atoms with Crippen LogP contribution in [0.25, 0.3) is 0 Å². The van der Waals surface area contributed by atoms with Crippen molar-refractivity contribution in [2.24, 2.45) is 0 Å². The zero-order valence-electron chi connectivity index (χ0n) is 13.0. The Morgan fingerprint density at radius 2 is 1.91 bits per heavy atom. The Balaban J connectivity index is 2.15. The molecule has 1 atom stereocenters. The lowest BCUT2D eigenvalue weighted by Gasteiger charge is -2.38. The summed E-state index contributed by atoms with van der Waals surface area (Å²) >= 11 is 0. The minimum absolute atomic E-state index is 0.0789. The Labute approximate surface area is 135 Å². The number of anilines is 1. The van der Waals surface area contributed by atoms with Crippen LogP contribution in [0.1, 0.15) is 24.5 Å². The van der Waals surface area contributed by atoms with E-state index >= 15 is 0 Å². The second-order valence-corrected chi connectivity index (χ2v) is 7.86. The van der Waals surface area contributed by atoms with E-state index in [2.05, 4.69) is 0 Å². The summed E-state index contributed by atoms with van der Waals surface area (Å²) in [5, 5.41) is 10.5. The van der Waals surface area contributed by atoms with Crippen molar-refractivity contribution >= 4 is 15.7 Å². The summed E-state index contributed by atoms with van der Waals surface area (Å²) in [6.07, 6.45) is 0.295. The molecule has 1 aliphatic heterocycles. The van der Waals surface area contributed by atoms with Gasteiger partial charge in [0.15, 0.2) is 0 Å². The number of hydrogen-bond donors (Lipinski definition) is 1. The van der Waals surface area contributed by atoms with Gasteiger partial charge in [-0.05, 0) is 50.1 Å². The zero-order valence-corrected chi connectivity index (χ0v) is 13.8. The van der Waals surface area contributed by atoms with Gasteiger partial charge in [-0.1, -0.05) is 18.2 Å².